The SMILES string of the molecule is CC(=O)Nc1cccc(OCCCS(=O)(=O)N2CCC(c3c[nH]c4c(C(N)=O)cc(-c5ccccc5)cc34)CC2)c1. The van der Waals surface area contributed by atoms with Crippen LogP contribution in [0.2, 0.25) is 0 Å². The van der Waals surface area contributed by atoms with E-state index in [1.165, 1.54) is 6.92 Å². The number of aromatic amines is 1. The minimum absolute atomic E-state index is 0.00144. The van der Waals surface area contributed by atoms with Crippen LogP contribution in [0.15, 0.2) is 72.9 Å². The van der Waals surface area contributed by atoms with Crippen molar-refractivity contribution in [1.29, 1.82) is 0 Å². The number of anilines is 1. The lowest BCUT2D eigenvalue weighted by atomic mass is 9.88. The molecule has 0 aliphatic carbocycles. The molecule has 0 radical (unpaired) electrons. The number of fused-ring (bicyclic) bond motifs is 1. The van der Waals surface area contributed by atoms with Crippen LogP contribution in [0.4, 0.5) is 5.69 Å². The second kappa shape index (κ2) is 12.2. The molecule has 4 N–H and O–H groups in total. The van der Waals surface area contributed by atoms with E-state index in [0.29, 0.717) is 54.9 Å². The molecule has 0 saturated carbocycles. The Morgan fingerprint density at radius 3 is 2.49 bits per heavy atom. The van der Waals surface area contributed by atoms with Crippen LogP contribution in [0, 0.1) is 0 Å². The molecule has 4 aromatic rings. The Morgan fingerprint density at radius 2 is 1.78 bits per heavy atom. The van der Waals surface area contributed by atoms with Gasteiger partial charge < -0.3 is 20.8 Å². The van der Waals surface area contributed by atoms with Crippen molar-refractivity contribution < 1.29 is 22.7 Å². The summed E-state index contributed by atoms with van der Waals surface area (Å²) in [6.07, 6.45) is 3.65. The summed E-state index contributed by atoms with van der Waals surface area (Å²) in [5.74, 6) is 0.0586. The van der Waals surface area contributed by atoms with Gasteiger partial charge in [-0.2, -0.15) is 0 Å². The first kappa shape index (κ1) is 28.4. The highest BCUT2D eigenvalue weighted by Crippen LogP contribution is 2.37. The van der Waals surface area contributed by atoms with Gasteiger partial charge in [0, 0.05) is 43.4 Å². The van der Waals surface area contributed by atoms with Crippen LogP contribution in [0.5, 0.6) is 5.75 Å². The lowest BCUT2D eigenvalue weighted by molar-refractivity contribution is -0.114. The van der Waals surface area contributed by atoms with Crippen molar-refractivity contribution in [3.05, 3.63) is 84.1 Å². The molecule has 214 valence electrons. The van der Waals surface area contributed by atoms with E-state index < -0.39 is 15.9 Å². The lowest BCUT2D eigenvalue weighted by Crippen LogP contribution is -2.39. The molecule has 41 heavy (non-hydrogen) atoms. The number of hydrogen-bond donors (Lipinski definition) is 3. The Morgan fingerprint density at radius 1 is 1.02 bits per heavy atom. The van der Waals surface area contributed by atoms with E-state index in [-0.39, 0.29) is 24.2 Å². The van der Waals surface area contributed by atoms with Crippen LogP contribution in [-0.4, -0.2) is 55.0 Å². The molecule has 2 heterocycles. The molecule has 1 aromatic heterocycles. The first-order valence-electron chi connectivity index (χ1n) is 13.7. The summed E-state index contributed by atoms with van der Waals surface area (Å²) < 4.78 is 33.4. The van der Waals surface area contributed by atoms with Crippen molar-refractivity contribution in [3.8, 4) is 16.9 Å². The Bertz CT molecular complexity index is 1660. The number of rotatable bonds is 10. The summed E-state index contributed by atoms with van der Waals surface area (Å²) in [6.45, 7) is 2.55. The van der Waals surface area contributed by atoms with Crippen molar-refractivity contribution in [1.82, 2.24) is 9.29 Å². The zero-order chi connectivity index (χ0) is 29.0. The van der Waals surface area contributed by atoms with Crippen molar-refractivity contribution >= 4 is 38.4 Å². The number of carbonyl (C=O) groups is 2. The van der Waals surface area contributed by atoms with Gasteiger partial charge in [-0.1, -0.05) is 36.4 Å². The molecule has 0 bridgehead atoms. The van der Waals surface area contributed by atoms with Crippen molar-refractivity contribution in [3.63, 3.8) is 0 Å². The van der Waals surface area contributed by atoms with Crippen molar-refractivity contribution in [2.24, 2.45) is 5.73 Å². The molecule has 0 unspecified atom stereocenters. The van der Waals surface area contributed by atoms with E-state index in [1.807, 2.05) is 42.6 Å². The van der Waals surface area contributed by atoms with E-state index in [2.05, 4.69) is 16.4 Å². The van der Waals surface area contributed by atoms with E-state index >= 15 is 0 Å². The average Bonchev–Trinajstić information content (AvgIpc) is 3.39. The zero-order valence-electron chi connectivity index (χ0n) is 22.9. The monoisotopic (exact) mass is 574 g/mol. The summed E-state index contributed by atoms with van der Waals surface area (Å²) in [7, 11) is -3.43. The zero-order valence-corrected chi connectivity index (χ0v) is 23.7. The Hall–Kier alpha value is -4.15. The molecule has 1 aliphatic rings. The Labute approximate surface area is 239 Å². The third kappa shape index (κ3) is 6.61. The maximum absolute atomic E-state index is 13.1. The summed E-state index contributed by atoms with van der Waals surface area (Å²) in [6, 6.07) is 20.8. The van der Waals surface area contributed by atoms with Gasteiger partial charge in [0.25, 0.3) is 5.91 Å². The minimum atomic E-state index is -3.43. The number of hydrogen-bond acceptors (Lipinski definition) is 5. The third-order valence-electron chi connectivity index (χ3n) is 7.45. The van der Waals surface area contributed by atoms with Crippen LogP contribution in [0.25, 0.3) is 22.0 Å². The average molecular weight is 575 g/mol. The number of nitrogens with one attached hydrogen (secondary N) is 2. The van der Waals surface area contributed by atoms with Gasteiger partial charge in [0.2, 0.25) is 15.9 Å². The number of primary amides is 1. The summed E-state index contributed by atoms with van der Waals surface area (Å²) in [5, 5.41) is 3.65. The number of piperidine rings is 1. The van der Waals surface area contributed by atoms with Gasteiger partial charge in [-0.05, 0) is 66.1 Å². The van der Waals surface area contributed by atoms with Crippen LogP contribution >= 0.6 is 0 Å². The second-order valence-corrected chi connectivity index (χ2v) is 12.4. The quantitative estimate of drug-likeness (QED) is 0.232. The van der Waals surface area contributed by atoms with Gasteiger partial charge in [-0.3, -0.25) is 9.59 Å². The Kier molecular flexibility index (Phi) is 8.41. The number of sulfonamides is 1. The number of carbonyl (C=O) groups excluding carboxylic acids is 2. The predicted molar refractivity (Wildman–Crippen MR) is 160 cm³/mol. The molecule has 0 atom stereocenters. The van der Waals surface area contributed by atoms with Crippen molar-refractivity contribution in [2.45, 2.75) is 32.1 Å². The lowest BCUT2D eigenvalue weighted by Gasteiger charge is -2.31. The standard InChI is InChI=1S/C31H34N4O5S/c1-21(36)34-25-9-5-10-26(19-25)40-15-6-16-41(38,39)35-13-11-23(12-14-35)29-20-33-30-27(29)17-24(18-28(30)31(32)37)22-7-3-2-4-8-22/h2-5,7-10,17-20,23,33H,6,11-16H2,1H3,(H2,32,37)(H,34,36). The normalized spacial score (nSPS) is 14.7. The van der Waals surface area contributed by atoms with E-state index in [1.54, 1.807) is 28.6 Å². The number of amides is 2. The number of H-pyrrole nitrogens is 1. The fraction of sp³-hybridized carbons (Fsp3) is 0.290. The minimum Gasteiger partial charge on any atom is -0.493 e. The van der Waals surface area contributed by atoms with Crippen LogP contribution in [0.3, 0.4) is 0 Å². The summed E-state index contributed by atoms with van der Waals surface area (Å²) >= 11 is 0. The maximum Gasteiger partial charge on any atom is 0.250 e. The van der Waals surface area contributed by atoms with Crippen LogP contribution in [-0.2, 0) is 14.8 Å². The molecule has 5 rings (SSSR count). The number of benzene rings is 3. The first-order chi connectivity index (χ1) is 19.7. The van der Waals surface area contributed by atoms with E-state index in [9.17, 15) is 18.0 Å². The molecule has 0 spiro atoms. The summed E-state index contributed by atoms with van der Waals surface area (Å²) in [4.78, 5) is 26.8. The topological polar surface area (TPSA) is 135 Å². The molecule has 1 aliphatic heterocycles. The van der Waals surface area contributed by atoms with Gasteiger partial charge in [-0.15, -0.1) is 0 Å². The third-order valence-corrected chi connectivity index (χ3v) is 9.41. The summed E-state index contributed by atoms with van der Waals surface area (Å²) in [5.41, 5.74) is 10.5. The van der Waals surface area contributed by atoms with Crippen LogP contribution < -0.4 is 15.8 Å². The highest BCUT2D eigenvalue weighted by molar-refractivity contribution is 7.89. The predicted octanol–water partition coefficient (Wildman–Crippen LogP) is 4.87. The van der Waals surface area contributed by atoms with E-state index in [4.69, 9.17) is 10.5 Å². The molecule has 1 fully saturated rings. The fourth-order valence-corrected chi connectivity index (χ4v) is 6.96. The number of aromatic nitrogens is 1. The molecule has 10 heteroatoms. The van der Waals surface area contributed by atoms with Crippen molar-refractivity contribution in [2.75, 3.05) is 30.8 Å². The number of ether oxygens (including phenoxy) is 1. The fourth-order valence-electron chi connectivity index (χ4n) is 5.45. The largest absolute Gasteiger partial charge is 0.493 e. The maximum atomic E-state index is 13.1. The highest BCUT2D eigenvalue weighted by Gasteiger charge is 2.30. The van der Waals surface area contributed by atoms with Gasteiger partial charge in [0.15, 0.2) is 0 Å². The Balaban J connectivity index is 1.21. The van der Waals surface area contributed by atoms with Gasteiger partial charge >= 0.3 is 0 Å². The van der Waals surface area contributed by atoms with Gasteiger partial charge in [0.05, 0.1) is 23.4 Å². The first-order valence-corrected chi connectivity index (χ1v) is 15.3. The highest BCUT2D eigenvalue weighted by atomic mass is 32.2. The molecule has 3 aromatic carbocycles. The van der Waals surface area contributed by atoms with Gasteiger partial charge in [0.1, 0.15) is 5.75 Å². The second-order valence-electron chi connectivity index (χ2n) is 10.3. The number of nitrogens with zero attached hydrogens (tertiary/aromatic N) is 1. The van der Waals surface area contributed by atoms with Gasteiger partial charge in [-0.25, -0.2) is 12.7 Å². The molecule has 2 amide bonds. The molecule has 1 saturated heterocycles. The number of nitrogens with two attached hydrogens (primary N) is 1. The van der Waals surface area contributed by atoms with Crippen LogP contribution in [0.1, 0.15) is 48.0 Å². The smallest absolute Gasteiger partial charge is 0.250 e. The molecular formula is C31H34N4O5S. The molecule has 9 nitrogen and oxygen atoms in total. The molecular weight excluding hydrogens is 540 g/mol. The van der Waals surface area contributed by atoms with E-state index in [0.717, 1.165) is 22.1 Å².